The predicted molar refractivity (Wildman–Crippen MR) is 152 cm³/mol. The van der Waals surface area contributed by atoms with Gasteiger partial charge in [0.05, 0.1) is 0 Å². The Balaban J connectivity index is 1.36. The molecule has 0 N–H and O–H groups in total. The maximum absolute atomic E-state index is 6.21. The van der Waals surface area contributed by atoms with Crippen molar-refractivity contribution in [3.8, 4) is 33.4 Å². The molecular formula is C34H20OS. The first-order valence-corrected chi connectivity index (χ1v) is 13.0. The molecule has 0 radical (unpaired) electrons. The lowest BCUT2D eigenvalue weighted by Crippen LogP contribution is -1.94. The molecular weight excluding hydrogens is 456 g/mol. The molecule has 1 aliphatic heterocycles. The Morgan fingerprint density at radius 3 is 2.08 bits per heavy atom. The highest BCUT2D eigenvalue weighted by Crippen LogP contribution is 2.50. The van der Waals surface area contributed by atoms with Crippen LogP contribution in [-0.2, 0) is 0 Å². The van der Waals surface area contributed by atoms with Gasteiger partial charge in [-0.3, -0.25) is 0 Å². The molecule has 0 unspecified atom stereocenters. The third kappa shape index (κ3) is 2.85. The summed E-state index contributed by atoms with van der Waals surface area (Å²) in [5, 5.41) is 4.96. The molecule has 0 amide bonds. The third-order valence-corrected chi connectivity index (χ3v) is 8.44. The normalized spacial score (nSPS) is 12.3. The van der Waals surface area contributed by atoms with E-state index in [9.17, 15) is 0 Å². The van der Waals surface area contributed by atoms with Crippen LogP contribution in [0, 0.1) is 0 Å². The molecule has 1 aromatic heterocycles. The topological polar surface area (TPSA) is 13.1 Å². The summed E-state index contributed by atoms with van der Waals surface area (Å²) >= 11 is 1.87. The number of rotatable bonds is 2. The summed E-state index contributed by atoms with van der Waals surface area (Å²) in [7, 11) is 0. The summed E-state index contributed by atoms with van der Waals surface area (Å²) < 4.78 is 6.21. The highest BCUT2D eigenvalue weighted by Gasteiger charge is 2.21. The zero-order valence-corrected chi connectivity index (χ0v) is 20.2. The monoisotopic (exact) mass is 476 g/mol. The largest absolute Gasteiger partial charge is 0.456 e. The summed E-state index contributed by atoms with van der Waals surface area (Å²) in [5.74, 6) is 0. The van der Waals surface area contributed by atoms with Crippen LogP contribution in [-0.4, -0.2) is 0 Å². The Kier molecular flexibility index (Phi) is 4.22. The second kappa shape index (κ2) is 7.61. The third-order valence-electron chi connectivity index (χ3n) is 7.31. The maximum atomic E-state index is 6.21. The zero-order chi connectivity index (χ0) is 23.6. The van der Waals surface area contributed by atoms with E-state index >= 15 is 0 Å². The van der Waals surface area contributed by atoms with Crippen LogP contribution >= 0.6 is 11.8 Å². The van der Waals surface area contributed by atoms with Crippen molar-refractivity contribution >= 4 is 44.5 Å². The van der Waals surface area contributed by atoms with E-state index in [0.717, 1.165) is 27.5 Å². The van der Waals surface area contributed by atoms with Gasteiger partial charge in [0.15, 0.2) is 0 Å². The van der Waals surface area contributed by atoms with Crippen LogP contribution in [0.3, 0.4) is 0 Å². The summed E-state index contributed by atoms with van der Waals surface area (Å²) in [6.45, 7) is 0. The number of benzene rings is 6. The number of furan rings is 1. The van der Waals surface area contributed by atoms with Crippen LogP contribution < -0.4 is 0 Å². The molecule has 168 valence electrons. The summed E-state index contributed by atoms with van der Waals surface area (Å²) in [6, 6.07) is 43.6. The van der Waals surface area contributed by atoms with Gasteiger partial charge in [-0.1, -0.05) is 103 Å². The van der Waals surface area contributed by atoms with Crippen molar-refractivity contribution in [2.75, 3.05) is 0 Å². The maximum Gasteiger partial charge on any atom is 0.136 e. The van der Waals surface area contributed by atoms with Crippen LogP contribution in [0.5, 0.6) is 0 Å². The lowest BCUT2D eigenvalue weighted by Gasteiger charge is -2.22. The quantitative estimate of drug-likeness (QED) is 0.246. The van der Waals surface area contributed by atoms with Gasteiger partial charge >= 0.3 is 0 Å². The molecule has 1 aliphatic rings. The molecule has 0 atom stereocenters. The van der Waals surface area contributed by atoms with Crippen LogP contribution in [0.25, 0.3) is 66.1 Å². The molecule has 8 rings (SSSR count). The summed E-state index contributed by atoms with van der Waals surface area (Å²) in [6.07, 6.45) is 0. The minimum atomic E-state index is 0.924. The van der Waals surface area contributed by atoms with Crippen molar-refractivity contribution in [3.05, 3.63) is 121 Å². The molecule has 0 spiro atoms. The van der Waals surface area contributed by atoms with Crippen molar-refractivity contribution in [2.45, 2.75) is 9.79 Å². The molecule has 2 heterocycles. The van der Waals surface area contributed by atoms with Crippen molar-refractivity contribution in [3.63, 3.8) is 0 Å². The molecule has 0 fully saturated rings. The van der Waals surface area contributed by atoms with Crippen molar-refractivity contribution in [1.82, 2.24) is 0 Å². The van der Waals surface area contributed by atoms with Gasteiger partial charge in [0.25, 0.3) is 0 Å². The van der Waals surface area contributed by atoms with Gasteiger partial charge in [0.2, 0.25) is 0 Å². The minimum absolute atomic E-state index is 0.924. The van der Waals surface area contributed by atoms with Gasteiger partial charge in [0.1, 0.15) is 11.2 Å². The lowest BCUT2D eigenvalue weighted by molar-refractivity contribution is 0.669. The fraction of sp³-hybridized carbons (Fsp3) is 0. The first kappa shape index (κ1) is 20.0. The van der Waals surface area contributed by atoms with Crippen LogP contribution in [0.4, 0.5) is 0 Å². The van der Waals surface area contributed by atoms with Gasteiger partial charge in [-0.05, 0) is 69.1 Å². The molecule has 7 aromatic rings. The van der Waals surface area contributed by atoms with Crippen LogP contribution in [0.1, 0.15) is 0 Å². The van der Waals surface area contributed by atoms with Crippen molar-refractivity contribution < 1.29 is 4.42 Å². The van der Waals surface area contributed by atoms with Crippen LogP contribution in [0.15, 0.2) is 136 Å². The second-order valence-corrected chi connectivity index (χ2v) is 10.4. The minimum Gasteiger partial charge on any atom is -0.456 e. The van der Waals surface area contributed by atoms with Gasteiger partial charge in [-0.25, -0.2) is 0 Å². The second-order valence-electron chi connectivity index (χ2n) is 9.29. The molecule has 0 aliphatic carbocycles. The van der Waals surface area contributed by atoms with E-state index < -0.39 is 0 Å². The lowest BCUT2D eigenvalue weighted by atomic mass is 9.89. The van der Waals surface area contributed by atoms with E-state index in [-0.39, 0.29) is 0 Å². The van der Waals surface area contributed by atoms with Crippen molar-refractivity contribution in [2.24, 2.45) is 0 Å². The van der Waals surface area contributed by atoms with E-state index in [1.165, 1.54) is 48.4 Å². The Bertz CT molecular complexity index is 1980. The average molecular weight is 477 g/mol. The first-order valence-electron chi connectivity index (χ1n) is 12.2. The predicted octanol–water partition coefficient (Wildman–Crippen LogP) is 10.2. The Morgan fingerprint density at radius 1 is 0.417 bits per heavy atom. The summed E-state index contributed by atoms with van der Waals surface area (Å²) in [5.41, 5.74) is 9.37. The van der Waals surface area contributed by atoms with Gasteiger partial charge in [0, 0.05) is 25.9 Å². The highest BCUT2D eigenvalue weighted by molar-refractivity contribution is 7.99. The van der Waals surface area contributed by atoms with Gasteiger partial charge < -0.3 is 4.42 Å². The van der Waals surface area contributed by atoms with E-state index in [2.05, 4.69) is 109 Å². The fourth-order valence-corrected chi connectivity index (χ4v) is 6.81. The van der Waals surface area contributed by atoms with E-state index in [1.54, 1.807) is 0 Å². The average Bonchev–Trinajstić information content (AvgIpc) is 3.31. The Morgan fingerprint density at radius 2 is 1.14 bits per heavy atom. The smallest absolute Gasteiger partial charge is 0.136 e. The standard InChI is InChI=1S/C34H20OS/c1-2-9-23(22(8-1)21-16-17-26-25-10-3-5-14-30(25)35-31(26)20-21)24-18-19-33-34-28(24)12-7-13-29(34)27-11-4-6-15-32(27)36-33/h1-20H. The van der Waals surface area contributed by atoms with E-state index in [0.29, 0.717) is 0 Å². The SMILES string of the molecule is c1ccc2c(c1)Sc1ccc(-c3ccccc3-c3ccc4c(c3)oc3ccccc34)c3cccc-2c13. The molecule has 36 heavy (non-hydrogen) atoms. The molecule has 0 saturated heterocycles. The van der Waals surface area contributed by atoms with Gasteiger partial charge in [-0.2, -0.15) is 0 Å². The first-order chi connectivity index (χ1) is 17.8. The molecule has 2 heteroatoms. The Labute approximate surface area is 213 Å². The molecule has 0 saturated carbocycles. The molecule has 6 aromatic carbocycles. The number of fused-ring (bicyclic) bond motifs is 5. The fourth-order valence-electron chi connectivity index (χ4n) is 5.68. The van der Waals surface area contributed by atoms with E-state index in [4.69, 9.17) is 4.42 Å². The number of para-hydroxylation sites is 1. The number of hydrogen-bond donors (Lipinski definition) is 0. The van der Waals surface area contributed by atoms with E-state index in [1.807, 2.05) is 23.9 Å². The molecule has 0 bridgehead atoms. The van der Waals surface area contributed by atoms with Crippen molar-refractivity contribution in [1.29, 1.82) is 0 Å². The Hall–Kier alpha value is -4.27. The summed E-state index contributed by atoms with van der Waals surface area (Å²) in [4.78, 5) is 2.65. The van der Waals surface area contributed by atoms with Gasteiger partial charge in [-0.15, -0.1) is 0 Å². The zero-order valence-electron chi connectivity index (χ0n) is 19.4. The highest BCUT2D eigenvalue weighted by atomic mass is 32.2. The number of hydrogen-bond acceptors (Lipinski definition) is 2. The molecule has 1 nitrogen and oxygen atoms in total. The van der Waals surface area contributed by atoms with Crippen LogP contribution in [0.2, 0.25) is 0 Å².